The van der Waals surface area contributed by atoms with Crippen LogP contribution in [0.15, 0.2) is 18.2 Å². The minimum atomic E-state index is -4.36. The Morgan fingerprint density at radius 3 is 2.33 bits per heavy atom. The molecule has 1 saturated carbocycles. The van der Waals surface area contributed by atoms with Crippen LogP contribution in [0.3, 0.4) is 0 Å². The normalized spacial score (nSPS) is 19.0. The van der Waals surface area contributed by atoms with E-state index in [-0.39, 0.29) is 6.10 Å². The van der Waals surface area contributed by atoms with Crippen molar-refractivity contribution in [3.63, 3.8) is 0 Å². The molecule has 0 unspecified atom stereocenters. The minimum absolute atomic E-state index is 0.0617. The fourth-order valence-corrected chi connectivity index (χ4v) is 3.83. The van der Waals surface area contributed by atoms with E-state index in [2.05, 4.69) is 28.5 Å². The topological polar surface area (TPSA) is 49.9 Å². The Balaban J connectivity index is 0.00000106. The van der Waals surface area contributed by atoms with Gasteiger partial charge >= 0.3 is 6.18 Å². The van der Waals surface area contributed by atoms with E-state index in [0.717, 1.165) is 44.4 Å². The van der Waals surface area contributed by atoms with Crippen molar-refractivity contribution in [1.29, 1.82) is 0 Å². The molecule has 2 N–H and O–H groups in total. The number of halogens is 3. The highest BCUT2D eigenvalue weighted by molar-refractivity contribution is 7.97. The standard InChI is InChI=1S/C18H24F3N3OS.2C2H6/c1-11(2)26-22-10-12-3-6-14(7-4-12)25-17-23-15-8-5-13(18(19,20)21)9-16(15)24-17;2*1-2/h5,8-9,11-12,14,22H,3-4,6-7,10H2,1-2H3,(H,23,24);2*1-2H3. The van der Waals surface area contributed by atoms with Gasteiger partial charge in [-0.25, -0.2) is 0 Å². The molecular formula is C22H36F3N3OS. The average molecular weight is 448 g/mol. The maximum absolute atomic E-state index is 12.8. The van der Waals surface area contributed by atoms with Gasteiger partial charge in [0.2, 0.25) is 0 Å². The summed E-state index contributed by atoms with van der Waals surface area (Å²) in [6, 6.07) is 3.79. The molecule has 2 aromatic rings. The highest BCUT2D eigenvalue weighted by Gasteiger charge is 2.31. The molecule has 0 saturated heterocycles. The highest BCUT2D eigenvalue weighted by Crippen LogP contribution is 2.32. The summed E-state index contributed by atoms with van der Waals surface area (Å²) in [5.41, 5.74) is 0.141. The predicted octanol–water partition coefficient (Wildman–Crippen LogP) is 7.22. The van der Waals surface area contributed by atoms with Crippen LogP contribution >= 0.6 is 11.9 Å². The van der Waals surface area contributed by atoms with Crippen LogP contribution in [0.4, 0.5) is 13.2 Å². The first-order valence-corrected chi connectivity index (χ1v) is 11.8. The van der Waals surface area contributed by atoms with Gasteiger partial charge in [-0.3, -0.25) is 4.72 Å². The van der Waals surface area contributed by atoms with Crippen LogP contribution in [0, 0.1) is 5.92 Å². The van der Waals surface area contributed by atoms with Crippen molar-refractivity contribution in [2.24, 2.45) is 5.92 Å². The van der Waals surface area contributed by atoms with Gasteiger partial charge in [0.25, 0.3) is 6.01 Å². The van der Waals surface area contributed by atoms with Gasteiger partial charge in [-0.1, -0.05) is 53.5 Å². The Morgan fingerprint density at radius 1 is 1.13 bits per heavy atom. The average Bonchev–Trinajstić information content (AvgIpc) is 3.13. The van der Waals surface area contributed by atoms with Crippen LogP contribution in [0.5, 0.6) is 6.01 Å². The molecule has 0 amide bonds. The number of H-pyrrole nitrogens is 1. The molecule has 1 aliphatic carbocycles. The third-order valence-electron chi connectivity index (χ3n) is 4.55. The van der Waals surface area contributed by atoms with Crippen molar-refractivity contribution in [3.05, 3.63) is 23.8 Å². The van der Waals surface area contributed by atoms with Gasteiger partial charge in [0, 0.05) is 11.8 Å². The zero-order valence-electron chi connectivity index (χ0n) is 18.9. The van der Waals surface area contributed by atoms with E-state index in [1.807, 2.05) is 27.7 Å². The summed E-state index contributed by atoms with van der Waals surface area (Å²) in [6.07, 6.45) is -0.274. The molecule has 0 bridgehead atoms. The van der Waals surface area contributed by atoms with Gasteiger partial charge in [0.1, 0.15) is 6.10 Å². The lowest BCUT2D eigenvalue weighted by atomic mass is 9.87. The zero-order valence-corrected chi connectivity index (χ0v) is 19.7. The molecule has 1 fully saturated rings. The monoisotopic (exact) mass is 447 g/mol. The molecule has 172 valence electrons. The number of ether oxygens (including phenoxy) is 1. The third-order valence-corrected chi connectivity index (χ3v) is 5.36. The number of hydrogen-bond acceptors (Lipinski definition) is 4. The number of fused-ring (bicyclic) bond motifs is 1. The molecule has 30 heavy (non-hydrogen) atoms. The second-order valence-corrected chi connectivity index (χ2v) is 8.51. The number of imidazole rings is 1. The zero-order chi connectivity index (χ0) is 22.7. The van der Waals surface area contributed by atoms with Crippen LogP contribution in [0.2, 0.25) is 0 Å². The lowest BCUT2D eigenvalue weighted by Gasteiger charge is -2.28. The summed E-state index contributed by atoms with van der Waals surface area (Å²) in [5, 5.41) is 0.570. The van der Waals surface area contributed by atoms with Crippen molar-refractivity contribution in [2.45, 2.75) is 84.8 Å². The first kappa shape index (κ1) is 26.6. The Morgan fingerprint density at radius 2 is 1.77 bits per heavy atom. The van der Waals surface area contributed by atoms with Crippen molar-refractivity contribution in [2.75, 3.05) is 6.54 Å². The number of aromatic amines is 1. The molecule has 0 aliphatic heterocycles. The van der Waals surface area contributed by atoms with Crippen molar-refractivity contribution < 1.29 is 17.9 Å². The molecule has 1 aromatic carbocycles. The van der Waals surface area contributed by atoms with Gasteiger partial charge in [-0.2, -0.15) is 18.2 Å². The number of benzene rings is 1. The summed E-state index contributed by atoms with van der Waals surface area (Å²) < 4.78 is 47.7. The maximum Gasteiger partial charge on any atom is 0.416 e. The van der Waals surface area contributed by atoms with E-state index >= 15 is 0 Å². The summed E-state index contributed by atoms with van der Waals surface area (Å²) in [5.74, 6) is 0.645. The van der Waals surface area contributed by atoms with E-state index < -0.39 is 11.7 Å². The van der Waals surface area contributed by atoms with Crippen LogP contribution < -0.4 is 9.46 Å². The van der Waals surface area contributed by atoms with Gasteiger partial charge < -0.3 is 9.72 Å². The summed E-state index contributed by atoms with van der Waals surface area (Å²) in [7, 11) is 0. The van der Waals surface area contributed by atoms with E-state index in [9.17, 15) is 13.2 Å². The smallest absolute Gasteiger partial charge is 0.416 e. The molecule has 3 rings (SSSR count). The Bertz CT molecular complexity index is 726. The van der Waals surface area contributed by atoms with E-state index in [0.29, 0.717) is 28.2 Å². The number of aromatic nitrogens is 2. The lowest BCUT2D eigenvalue weighted by Crippen LogP contribution is -2.29. The van der Waals surface area contributed by atoms with Gasteiger partial charge in [0.15, 0.2) is 0 Å². The number of nitrogens with zero attached hydrogens (tertiary/aromatic N) is 1. The first-order chi connectivity index (χ1) is 14.3. The second-order valence-electron chi connectivity index (χ2n) is 7.05. The molecule has 0 spiro atoms. The number of nitrogens with one attached hydrogen (secondary N) is 2. The lowest BCUT2D eigenvalue weighted by molar-refractivity contribution is -0.137. The fourth-order valence-electron chi connectivity index (χ4n) is 3.16. The number of hydrogen-bond donors (Lipinski definition) is 2. The Hall–Kier alpha value is -1.41. The number of rotatable bonds is 6. The summed E-state index contributed by atoms with van der Waals surface area (Å²) in [6.45, 7) is 13.3. The van der Waals surface area contributed by atoms with Crippen LogP contribution in [-0.4, -0.2) is 27.9 Å². The summed E-state index contributed by atoms with van der Waals surface area (Å²) in [4.78, 5) is 7.12. The SMILES string of the molecule is CC.CC.CC(C)SNCC1CCC(Oc2nc3ccc(C(F)(F)F)cc3[nH]2)CC1. The van der Waals surface area contributed by atoms with E-state index in [4.69, 9.17) is 4.74 Å². The van der Waals surface area contributed by atoms with Crippen LogP contribution in [0.25, 0.3) is 11.0 Å². The molecule has 0 atom stereocenters. The van der Waals surface area contributed by atoms with Crippen molar-refractivity contribution in [3.8, 4) is 6.01 Å². The highest BCUT2D eigenvalue weighted by atomic mass is 32.2. The molecule has 1 aliphatic rings. The van der Waals surface area contributed by atoms with Gasteiger partial charge in [-0.05, 0) is 49.8 Å². The van der Waals surface area contributed by atoms with Gasteiger partial charge in [0.05, 0.1) is 16.6 Å². The first-order valence-electron chi connectivity index (χ1n) is 10.9. The minimum Gasteiger partial charge on any atom is -0.461 e. The van der Waals surface area contributed by atoms with Crippen LogP contribution in [-0.2, 0) is 6.18 Å². The molecule has 0 radical (unpaired) electrons. The molecule has 1 heterocycles. The van der Waals surface area contributed by atoms with Crippen molar-refractivity contribution >= 4 is 23.0 Å². The molecule has 8 heteroatoms. The summed E-state index contributed by atoms with van der Waals surface area (Å²) >= 11 is 1.76. The number of alkyl halides is 3. The third kappa shape index (κ3) is 8.38. The van der Waals surface area contributed by atoms with E-state index in [1.54, 1.807) is 11.9 Å². The van der Waals surface area contributed by atoms with Crippen molar-refractivity contribution in [1.82, 2.24) is 14.7 Å². The fraction of sp³-hybridized carbons (Fsp3) is 0.682. The maximum atomic E-state index is 12.8. The predicted molar refractivity (Wildman–Crippen MR) is 121 cm³/mol. The van der Waals surface area contributed by atoms with E-state index in [1.165, 1.54) is 6.07 Å². The van der Waals surface area contributed by atoms with Gasteiger partial charge in [-0.15, -0.1) is 0 Å². The largest absolute Gasteiger partial charge is 0.461 e. The molecule has 4 nitrogen and oxygen atoms in total. The Kier molecular flexibility index (Phi) is 11.6. The quantitative estimate of drug-likeness (QED) is 0.459. The molecular weight excluding hydrogens is 411 g/mol. The molecule has 1 aromatic heterocycles. The van der Waals surface area contributed by atoms with Crippen LogP contribution in [0.1, 0.15) is 72.8 Å². The second kappa shape index (κ2) is 13.1. The Labute approximate surface area is 182 Å².